The zero-order valence-electron chi connectivity index (χ0n) is 11.2. The zero-order valence-corrected chi connectivity index (χ0v) is 12.0. The van der Waals surface area contributed by atoms with Crippen molar-refractivity contribution in [3.05, 3.63) is 64.5 Å². The Hall–Kier alpha value is -1.79. The molecule has 96 valence electrons. The minimum atomic E-state index is 0.537. The monoisotopic (exact) mass is 268 g/mol. The van der Waals surface area contributed by atoms with Crippen LogP contribution in [0.1, 0.15) is 27.9 Å². The van der Waals surface area contributed by atoms with Gasteiger partial charge in [0.25, 0.3) is 0 Å². The highest BCUT2D eigenvalue weighted by Gasteiger charge is 2.03. The summed E-state index contributed by atoms with van der Waals surface area (Å²) in [4.78, 5) is 4.08. The molecule has 0 amide bonds. The van der Waals surface area contributed by atoms with Gasteiger partial charge >= 0.3 is 0 Å². The average molecular weight is 268 g/mol. The van der Waals surface area contributed by atoms with Crippen LogP contribution in [0.3, 0.4) is 0 Å². The van der Waals surface area contributed by atoms with Gasteiger partial charge in [-0.3, -0.25) is 0 Å². The van der Waals surface area contributed by atoms with Crippen LogP contribution in [0.2, 0.25) is 0 Å². The minimum Gasteiger partial charge on any atom is -0.245 e. The molecule has 2 nitrogen and oxygen atoms in total. The van der Waals surface area contributed by atoms with Crippen molar-refractivity contribution in [2.24, 2.45) is 0 Å². The first-order valence-electron chi connectivity index (χ1n) is 6.18. The Kier molecular flexibility index (Phi) is 4.59. The number of benzene rings is 1. The zero-order chi connectivity index (χ0) is 13.7. The number of nitriles is 1. The molecule has 0 aliphatic rings. The molecule has 19 heavy (non-hydrogen) atoms. The second kappa shape index (κ2) is 6.40. The molecule has 0 fully saturated rings. The van der Waals surface area contributed by atoms with E-state index in [1.807, 2.05) is 23.9 Å². The summed E-state index contributed by atoms with van der Waals surface area (Å²) in [5, 5.41) is 8.99. The number of thioether (sulfide) groups is 1. The Morgan fingerprint density at radius 3 is 2.58 bits per heavy atom. The van der Waals surface area contributed by atoms with E-state index in [1.54, 1.807) is 6.20 Å². The van der Waals surface area contributed by atoms with Crippen LogP contribution in [-0.2, 0) is 11.5 Å². The summed E-state index contributed by atoms with van der Waals surface area (Å²) in [5.74, 6) is 1.78. The SMILES string of the molecule is Cc1cc(C)cc(CSCc2cccnc2C#N)c1. The third kappa shape index (κ3) is 3.84. The van der Waals surface area contributed by atoms with Crippen molar-refractivity contribution in [3.8, 4) is 6.07 Å². The molecule has 0 N–H and O–H groups in total. The molecule has 1 aromatic heterocycles. The summed E-state index contributed by atoms with van der Waals surface area (Å²) >= 11 is 1.82. The Balaban J connectivity index is 1.98. The first-order chi connectivity index (χ1) is 9.19. The fourth-order valence-electron chi connectivity index (χ4n) is 2.09. The second-order valence-electron chi connectivity index (χ2n) is 4.61. The van der Waals surface area contributed by atoms with Crippen LogP contribution in [0, 0.1) is 25.2 Å². The Bertz CT molecular complexity index is 594. The molecule has 0 atom stereocenters. The van der Waals surface area contributed by atoms with Crippen molar-refractivity contribution in [3.63, 3.8) is 0 Å². The maximum Gasteiger partial charge on any atom is 0.144 e. The number of nitrogens with zero attached hydrogens (tertiary/aromatic N) is 2. The lowest BCUT2D eigenvalue weighted by atomic mass is 10.1. The smallest absolute Gasteiger partial charge is 0.144 e. The molecule has 1 heterocycles. The van der Waals surface area contributed by atoms with E-state index in [0.717, 1.165) is 17.1 Å². The topological polar surface area (TPSA) is 36.7 Å². The number of aromatic nitrogens is 1. The van der Waals surface area contributed by atoms with Crippen LogP contribution in [0.4, 0.5) is 0 Å². The van der Waals surface area contributed by atoms with Gasteiger partial charge < -0.3 is 0 Å². The number of pyridine rings is 1. The van der Waals surface area contributed by atoms with E-state index in [9.17, 15) is 0 Å². The van der Waals surface area contributed by atoms with E-state index in [-0.39, 0.29) is 0 Å². The van der Waals surface area contributed by atoms with Gasteiger partial charge in [-0.2, -0.15) is 17.0 Å². The maximum absolute atomic E-state index is 8.99. The number of rotatable bonds is 4. The van der Waals surface area contributed by atoms with Gasteiger partial charge in [-0.25, -0.2) is 4.98 Å². The molecule has 2 rings (SSSR count). The average Bonchev–Trinajstić information content (AvgIpc) is 2.38. The standard InChI is InChI=1S/C16H16N2S/c1-12-6-13(2)8-14(7-12)10-19-11-15-4-3-5-18-16(15)9-17/h3-8H,10-11H2,1-2H3. The number of hydrogen-bond acceptors (Lipinski definition) is 3. The lowest BCUT2D eigenvalue weighted by Crippen LogP contribution is -1.91. The summed E-state index contributed by atoms with van der Waals surface area (Å²) in [5.41, 5.74) is 5.49. The van der Waals surface area contributed by atoms with E-state index in [4.69, 9.17) is 5.26 Å². The third-order valence-corrected chi connectivity index (χ3v) is 3.86. The molecular formula is C16H16N2S. The molecule has 0 aliphatic carbocycles. The fourth-order valence-corrected chi connectivity index (χ4v) is 3.04. The molecule has 2 aromatic rings. The molecule has 0 radical (unpaired) electrons. The molecule has 0 spiro atoms. The predicted octanol–water partition coefficient (Wildman–Crippen LogP) is 4.00. The predicted molar refractivity (Wildman–Crippen MR) is 79.9 cm³/mol. The maximum atomic E-state index is 8.99. The van der Waals surface area contributed by atoms with Gasteiger partial charge in [0.15, 0.2) is 0 Å². The van der Waals surface area contributed by atoms with E-state index < -0.39 is 0 Å². The molecular weight excluding hydrogens is 252 g/mol. The van der Waals surface area contributed by atoms with Gasteiger partial charge in [-0.05, 0) is 31.0 Å². The lowest BCUT2D eigenvalue weighted by Gasteiger charge is -2.06. The van der Waals surface area contributed by atoms with Crippen LogP contribution in [-0.4, -0.2) is 4.98 Å². The van der Waals surface area contributed by atoms with Gasteiger partial charge in [0.2, 0.25) is 0 Å². The molecule has 1 aromatic carbocycles. The lowest BCUT2D eigenvalue weighted by molar-refractivity contribution is 1.19. The highest BCUT2D eigenvalue weighted by Crippen LogP contribution is 2.20. The second-order valence-corrected chi connectivity index (χ2v) is 5.60. The normalized spacial score (nSPS) is 10.2. The van der Waals surface area contributed by atoms with Gasteiger partial charge in [0.05, 0.1) is 0 Å². The van der Waals surface area contributed by atoms with Crippen LogP contribution in [0.15, 0.2) is 36.5 Å². The Labute approximate surface area is 118 Å². The van der Waals surface area contributed by atoms with E-state index in [2.05, 4.69) is 43.1 Å². The largest absolute Gasteiger partial charge is 0.245 e. The third-order valence-electron chi connectivity index (χ3n) is 2.80. The van der Waals surface area contributed by atoms with Crippen molar-refractivity contribution >= 4 is 11.8 Å². The highest BCUT2D eigenvalue weighted by molar-refractivity contribution is 7.97. The number of aryl methyl sites for hydroxylation is 2. The van der Waals surface area contributed by atoms with Crippen LogP contribution in [0.5, 0.6) is 0 Å². The molecule has 0 aliphatic heterocycles. The molecule has 0 saturated heterocycles. The summed E-state index contributed by atoms with van der Waals surface area (Å²) in [6.45, 7) is 4.24. The van der Waals surface area contributed by atoms with Crippen molar-refractivity contribution in [1.82, 2.24) is 4.98 Å². The fraction of sp³-hybridized carbons (Fsp3) is 0.250. The Morgan fingerprint density at radius 2 is 1.89 bits per heavy atom. The summed E-state index contributed by atoms with van der Waals surface area (Å²) in [7, 11) is 0. The van der Waals surface area contributed by atoms with Gasteiger partial charge in [-0.1, -0.05) is 35.4 Å². The van der Waals surface area contributed by atoms with Gasteiger partial charge in [-0.15, -0.1) is 0 Å². The summed E-state index contributed by atoms with van der Waals surface area (Å²) < 4.78 is 0. The summed E-state index contributed by atoms with van der Waals surface area (Å²) in [6, 6.07) is 12.6. The number of hydrogen-bond donors (Lipinski definition) is 0. The molecule has 0 saturated carbocycles. The Morgan fingerprint density at radius 1 is 1.16 bits per heavy atom. The van der Waals surface area contributed by atoms with E-state index >= 15 is 0 Å². The first-order valence-corrected chi connectivity index (χ1v) is 7.33. The van der Waals surface area contributed by atoms with Crippen molar-refractivity contribution < 1.29 is 0 Å². The summed E-state index contributed by atoms with van der Waals surface area (Å²) in [6.07, 6.45) is 1.66. The van der Waals surface area contributed by atoms with Crippen molar-refractivity contribution in [2.75, 3.05) is 0 Å². The quantitative estimate of drug-likeness (QED) is 0.841. The van der Waals surface area contributed by atoms with Crippen molar-refractivity contribution in [1.29, 1.82) is 5.26 Å². The minimum absolute atomic E-state index is 0.537. The molecule has 0 bridgehead atoms. The molecule has 0 unspecified atom stereocenters. The highest BCUT2D eigenvalue weighted by atomic mass is 32.2. The van der Waals surface area contributed by atoms with E-state index in [1.165, 1.54) is 16.7 Å². The van der Waals surface area contributed by atoms with Crippen LogP contribution >= 0.6 is 11.8 Å². The van der Waals surface area contributed by atoms with Crippen molar-refractivity contribution in [2.45, 2.75) is 25.4 Å². The molecule has 3 heteroatoms. The van der Waals surface area contributed by atoms with Gasteiger partial charge in [0.1, 0.15) is 11.8 Å². The first kappa shape index (κ1) is 13.6. The van der Waals surface area contributed by atoms with Crippen LogP contribution < -0.4 is 0 Å². The van der Waals surface area contributed by atoms with Crippen LogP contribution in [0.25, 0.3) is 0 Å². The van der Waals surface area contributed by atoms with Gasteiger partial charge in [0, 0.05) is 17.7 Å². The van der Waals surface area contributed by atoms with E-state index in [0.29, 0.717) is 5.69 Å².